The second-order valence-electron chi connectivity index (χ2n) is 7.26. The van der Waals surface area contributed by atoms with Crippen molar-refractivity contribution in [2.45, 2.75) is 19.0 Å². The van der Waals surface area contributed by atoms with Crippen LogP contribution in [0, 0.1) is 0 Å². The largest absolute Gasteiger partial charge is 0.469 e. The molecule has 8 heteroatoms. The van der Waals surface area contributed by atoms with Crippen LogP contribution >= 0.6 is 11.3 Å². The highest BCUT2D eigenvalue weighted by Gasteiger charge is 2.34. The summed E-state index contributed by atoms with van der Waals surface area (Å²) < 4.78 is 4.74. The van der Waals surface area contributed by atoms with Crippen molar-refractivity contribution >= 4 is 35.0 Å². The second kappa shape index (κ2) is 9.15. The van der Waals surface area contributed by atoms with Crippen LogP contribution in [0.5, 0.6) is 0 Å². The van der Waals surface area contributed by atoms with Gasteiger partial charge in [0.1, 0.15) is 0 Å². The van der Waals surface area contributed by atoms with Gasteiger partial charge in [0, 0.05) is 10.4 Å². The summed E-state index contributed by atoms with van der Waals surface area (Å²) in [5.41, 5.74) is 1.93. The van der Waals surface area contributed by atoms with Crippen LogP contribution in [0.2, 0.25) is 0 Å². The number of amides is 3. The van der Waals surface area contributed by atoms with Gasteiger partial charge in [0.15, 0.2) is 0 Å². The molecule has 4 rings (SSSR count). The van der Waals surface area contributed by atoms with Crippen LogP contribution in [0.15, 0.2) is 66.0 Å². The summed E-state index contributed by atoms with van der Waals surface area (Å²) in [7, 11) is 1.31. The summed E-state index contributed by atoms with van der Waals surface area (Å²) in [6.07, 6.45) is 0.0284. The quantitative estimate of drug-likeness (QED) is 0.441. The predicted molar refractivity (Wildman–Crippen MR) is 118 cm³/mol. The fourth-order valence-electron chi connectivity index (χ4n) is 3.53. The van der Waals surface area contributed by atoms with E-state index in [9.17, 15) is 19.2 Å². The van der Waals surface area contributed by atoms with Gasteiger partial charge in [-0.2, -0.15) is 0 Å². The molecule has 0 unspecified atom stereocenters. The molecular formula is C24H20N2O5S. The molecule has 0 radical (unpaired) electrons. The molecule has 2 heterocycles. The summed E-state index contributed by atoms with van der Waals surface area (Å²) in [6.45, 7) is 0.119. The monoisotopic (exact) mass is 448 g/mol. The predicted octanol–water partition coefficient (Wildman–Crippen LogP) is 3.58. The molecule has 0 fully saturated rings. The van der Waals surface area contributed by atoms with Crippen LogP contribution in [-0.4, -0.2) is 35.7 Å². The van der Waals surface area contributed by atoms with Crippen molar-refractivity contribution in [3.05, 3.63) is 93.2 Å². The Morgan fingerprint density at radius 3 is 2.19 bits per heavy atom. The third-order valence-electron chi connectivity index (χ3n) is 5.23. The normalized spacial score (nSPS) is 13.6. The van der Waals surface area contributed by atoms with E-state index in [0.29, 0.717) is 16.7 Å². The number of esters is 1. The van der Waals surface area contributed by atoms with E-state index in [0.717, 1.165) is 10.4 Å². The fourth-order valence-corrected chi connectivity index (χ4v) is 4.31. The van der Waals surface area contributed by atoms with Gasteiger partial charge in [0.2, 0.25) is 0 Å². The van der Waals surface area contributed by atoms with E-state index in [-0.39, 0.29) is 30.7 Å². The van der Waals surface area contributed by atoms with Gasteiger partial charge in [-0.25, -0.2) is 0 Å². The highest BCUT2D eigenvalue weighted by Crippen LogP contribution is 2.25. The number of thiophene rings is 1. The lowest BCUT2D eigenvalue weighted by Gasteiger charge is -2.17. The molecule has 2 aromatic carbocycles. The Morgan fingerprint density at radius 1 is 0.969 bits per heavy atom. The van der Waals surface area contributed by atoms with Gasteiger partial charge in [-0.3, -0.25) is 24.1 Å². The summed E-state index contributed by atoms with van der Waals surface area (Å²) in [5.74, 6) is -1.40. The zero-order chi connectivity index (χ0) is 22.7. The van der Waals surface area contributed by atoms with Gasteiger partial charge in [-0.1, -0.05) is 30.3 Å². The molecule has 1 atom stereocenters. The van der Waals surface area contributed by atoms with Gasteiger partial charge in [0.25, 0.3) is 17.7 Å². The van der Waals surface area contributed by atoms with Crippen LogP contribution in [-0.2, 0) is 16.1 Å². The molecule has 0 aliphatic carbocycles. The minimum atomic E-state index is -0.493. The third kappa shape index (κ3) is 4.31. The van der Waals surface area contributed by atoms with Crippen LogP contribution in [0.25, 0.3) is 0 Å². The lowest BCUT2D eigenvalue weighted by atomic mass is 10.1. The van der Waals surface area contributed by atoms with E-state index < -0.39 is 12.0 Å². The maximum Gasteiger partial charge on any atom is 0.307 e. The van der Waals surface area contributed by atoms with E-state index in [1.807, 2.05) is 17.5 Å². The van der Waals surface area contributed by atoms with Crippen LogP contribution < -0.4 is 5.32 Å². The van der Waals surface area contributed by atoms with Gasteiger partial charge >= 0.3 is 5.97 Å². The van der Waals surface area contributed by atoms with E-state index in [1.54, 1.807) is 48.5 Å². The van der Waals surface area contributed by atoms with Gasteiger partial charge in [-0.15, -0.1) is 11.3 Å². The van der Waals surface area contributed by atoms with E-state index in [2.05, 4.69) is 5.32 Å². The number of nitrogens with zero attached hydrogens (tertiary/aromatic N) is 1. The van der Waals surface area contributed by atoms with Crippen LogP contribution in [0.1, 0.15) is 54.0 Å². The Balaban J connectivity index is 1.44. The number of methoxy groups -OCH3 is 1. The Labute approximate surface area is 188 Å². The summed E-state index contributed by atoms with van der Waals surface area (Å²) in [6, 6.07) is 16.6. The summed E-state index contributed by atoms with van der Waals surface area (Å²) in [5, 5.41) is 4.75. The summed E-state index contributed by atoms with van der Waals surface area (Å²) in [4.78, 5) is 51.6. The Kier molecular flexibility index (Phi) is 6.13. The van der Waals surface area contributed by atoms with Crippen molar-refractivity contribution in [2.24, 2.45) is 0 Å². The SMILES string of the molecule is COC(=O)C[C@@H](NC(=O)c1ccc(CN2C(=O)c3ccccc3C2=O)cc1)c1cccs1. The fraction of sp³-hybridized carbons (Fsp3) is 0.167. The number of hydrogen-bond acceptors (Lipinski definition) is 6. The first-order valence-corrected chi connectivity index (χ1v) is 10.8. The molecule has 0 bridgehead atoms. The number of hydrogen-bond donors (Lipinski definition) is 1. The second-order valence-corrected chi connectivity index (χ2v) is 8.24. The first-order chi connectivity index (χ1) is 15.5. The first-order valence-electron chi connectivity index (χ1n) is 9.93. The Bertz CT molecular complexity index is 1140. The lowest BCUT2D eigenvalue weighted by Crippen LogP contribution is -2.30. The summed E-state index contributed by atoms with van der Waals surface area (Å²) >= 11 is 1.44. The van der Waals surface area contributed by atoms with Crippen molar-refractivity contribution in [1.29, 1.82) is 0 Å². The number of nitrogens with one attached hydrogen (secondary N) is 1. The molecule has 1 aromatic heterocycles. The number of ether oxygens (including phenoxy) is 1. The van der Waals surface area contributed by atoms with E-state index in [1.165, 1.54) is 23.3 Å². The molecule has 1 N–H and O–H groups in total. The molecule has 0 saturated carbocycles. The van der Waals surface area contributed by atoms with Crippen molar-refractivity contribution < 1.29 is 23.9 Å². The minimum Gasteiger partial charge on any atom is -0.469 e. The molecular weight excluding hydrogens is 428 g/mol. The standard InChI is InChI=1S/C24H20N2O5S/c1-31-21(27)13-19(20-7-4-12-32-20)25-22(28)16-10-8-15(9-11-16)14-26-23(29)17-5-2-3-6-18(17)24(26)30/h2-12,19H,13-14H2,1H3,(H,25,28)/t19-/m1/s1. The van der Waals surface area contributed by atoms with Crippen molar-refractivity contribution in [3.8, 4) is 0 Å². The van der Waals surface area contributed by atoms with Crippen molar-refractivity contribution in [2.75, 3.05) is 7.11 Å². The molecule has 0 spiro atoms. The van der Waals surface area contributed by atoms with Crippen molar-refractivity contribution in [3.63, 3.8) is 0 Å². The number of fused-ring (bicyclic) bond motifs is 1. The average Bonchev–Trinajstić information content (AvgIpc) is 3.43. The highest BCUT2D eigenvalue weighted by molar-refractivity contribution is 7.10. The van der Waals surface area contributed by atoms with Gasteiger partial charge in [-0.05, 0) is 41.3 Å². The zero-order valence-electron chi connectivity index (χ0n) is 17.2. The van der Waals surface area contributed by atoms with Crippen molar-refractivity contribution in [1.82, 2.24) is 10.2 Å². The first kappa shape index (κ1) is 21.5. The zero-order valence-corrected chi connectivity index (χ0v) is 18.1. The molecule has 7 nitrogen and oxygen atoms in total. The molecule has 1 aliphatic heterocycles. The van der Waals surface area contributed by atoms with Crippen LogP contribution in [0.4, 0.5) is 0 Å². The molecule has 3 aromatic rings. The Hall–Kier alpha value is -3.78. The number of benzene rings is 2. The van der Waals surface area contributed by atoms with Gasteiger partial charge in [0.05, 0.1) is 37.2 Å². The number of imide groups is 1. The van der Waals surface area contributed by atoms with Gasteiger partial charge < -0.3 is 10.1 Å². The maximum atomic E-state index is 12.8. The lowest BCUT2D eigenvalue weighted by molar-refractivity contribution is -0.141. The molecule has 0 saturated heterocycles. The smallest absolute Gasteiger partial charge is 0.307 e. The third-order valence-corrected chi connectivity index (χ3v) is 6.21. The molecule has 3 amide bonds. The molecule has 1 aliphatic rings. The van der Waals surface area contributed by atoms with Crippen LogP contribution in [0.3, 0.4) is 0 Å². The topological polar surface area (TPSA) is 92.8 Å². The average molecular weight is 449 g/mol. The molecule has 162 valence electrons. The maximum absolute atomic E-state index is 12.8. The van der Waals surface area contributed by atoms with E-state index >= 15 is 0 Å². The number of carbonyl (C=O) groups excluding carboxylic acids is 4. The molecule has 32 heavy (non-hydrogen) atoms. The van der Waals surface area contributed by atoms with E-state index in [4.69, 9.17) is 4.74 Å². The Morgan fingerprint density at radius 2 is 1.62 bits per heavy atom. The number of carbonyl (C=O) groups is 4. The number of rotatable bonds is 7. The minimum absolute atomic E-state index is 0.0284. The highest BCUT2D eigenvalue weighted by atomic mass is 32.1.